The van der Waals surface area contributed by atoms with Gasteiger partial charge in [0.2, 0.25) is 0 Å². The Labute approximate surface area is 98.7 Å². The van der Waals surface area contributed by atoms with E-state index < -0.39 is 0 Å². The van der Waals surface area contributed by atoms with E-state index in [4.69, 9.17) is 0 Å². The van der Waals surface area contributed by atoms with Gasteiger partial charge in [0.25, 0.3) is 0 Å². The van der Waals surface area contributed by atoms with Crippen LogP contribution in [-0.4, -0.2) is 25.7 Å². The Balaban J connectivity index is 2.18. The Morgan fingerprint density at radius 2 is 1.94 bits per heavy atom. The fourth-order valence-corrected chi connectivity index (χ4v) is 2.63. The van der Waals surface area contributed by atoms with E-state index in [1.165, 1.54) is 24.1 Å². The predicted molar refractivity (Wildman–Crippen MR) is 70.1 cm³/mol. The van der Waals surface area contributed by atoms with Gasteiger partial charge in [0.1, 0.15) is 0 Å². The molecule has 2 heteroatoms. The highest BCUT2D eigenvalue weighted by molar-refractivity contribution is 5.53. The third-order valence-electron chi connectivity index (χ3n) is 3.52. The number of piperidine rings is 1. The molecule has 1 heterocycles. The lowest BCUT2D eigenvalue weighted by Crippen LogP contribution is -2.43. The average molecular weight is 218 g/mol. The molecule has 0 radical (unpaired) electrons. The van der Waals surface area contributed by atoms with E-state index in [9.17, 15) is 0 Å². The SMILES string of the molecule is CCN(c1ccccc1C)C1CCNCC1. The Kier molecular flexibility index (Phi) is 3.83. The summed E-state index contributed by atoms with van der Waals surface area (Å²) in [5.41, 5.74) is 2.81. The van der Waals surface area contributed by atoms with Crippen molar-refractivity contribution in [3.05, 3.63) is 29.8 Å². The molecule has 0 spiro atoms. The summed E-state index contributed by atoms with van der Waals surface area (Å²) < 4.78 is 0. The molecule has 0 atom stereocenters. The molecule has 1 saturated heterocycles. The van der Waals surface area contributed by atoms with Gasteiger partial charge in [-0.15, -0.1) is 0 Å². The molecular weight excluding hydrogens is 196 g/mol. The van der Waals surface area contributed by atoms with Crippen LogP contribution in [0.4, 0.5) is 5.69 Å². The molecule has 1 aromatic carbocycles. The summed E-state index contributed by atoms with van der Waals surface area (Å²) in [4.78, 5) is 2.57. The smallest absolute Gasteiger partial charge is 0.0398 e. The minimum absolute atomic E-state index is 0.715. The molecule has 1 aromatic rings. The first-order valence-corrected chi connectivity index (χ1v) is 6.36. The first-order valence-electron chi connectivity index (χ1n) is 6.36. The van der Waals surface area contributed by atoms with Crippen molar-refractivity contribution in [2.45, 2.75) is 32.7 Å². The monoisotopic (exact) mass is 218 g/mol. The van der Waals surface area contributed by atoms with Crippen LogP contribution in [0.1, 0.15) is 25.3 Å². The quantitative estimate of drug-likeness (QED) is 0.839. The van der Waals surface area contributed by atoms with Crippen LogP contribution < -0.4 is 10.2 Å². The topological polar surface area (TPSA) is 15.3 Å². The zero-order chi connectivity index (χ0) is 11.4. The van der Waals surface area contributed by atoms with Crippen molar-refractivity contribution >= 4 is 5.69 Å². The maximum atomic E-state index is 3.43. The number of hydrogen-bond donors (Lipinski definition) is 1. The van der Waals surface area contributed by atoms with E-state index >= 15 is 0 Å². The van der Waals surface area contributed by atoms with Crippen molar-refractivity contribution < 1.29 is 0 Å². The van der Waals surface area contributed by atoms with Crippen LogP contribution >= 0.6 is 0 Å². The summed E-state index contributed by atoms with van der Waals surface area (Å²) in [5.74, 6) is 0. The molecule has 0 unspecified atom stereocenters. The standard InChI is InChI=1S/C14H22N2/c1-3-16(13-8-10-15-11-9-13)14-7-5-4-6-12(14)2/h4-7,13,15H,3,8-11H2,1-2H3. The molecule has 0 amide bonds. The third kappa shape index (κ3) is 2.38. The first-order chi connectivity index (χ1) is 7.83. The van der Waals surface area contributed by atoms with E-state index in [0.717, 1.165) is 19.6 Å². The summed E-state index contributed by atoms with van der Waals surface area (Å²) in [6.45, 7) is 7.89. The Morgan fingerprint density at radius 3 is 2.56 bits per heavy atom. The fraction of sp³-hybridized carbons (Fsp3) is 0.571. The van der Waals surface area contributed by atoms with Crippen LogP contribution in [0.2, 0.25) is 0 Å². The third-order valence-corrected chi connectivity index (χ3v) is 3.52. The van der Waals surface area contributed by atoms with E-state index in [1.807, 2.05) is 0 Å². The largest absolute Gasteiger partial charge is 0.369 e. The average Bonchev–Trinajstić information content (AvgIpc) is 2.34. The molecule has 0 aliphatic carbocycles. The zero-order valence-corrected chi connectivity index (χ0v) is 10.4. The van der Waals surface area contributed by atoms with Gasteiger partial charge in [-0.1, -0.05) is 18.2 Å². The molecule has 0 saturated carbocycles. The van der Waals surface area contributed by atoms with E-state index in [2.05, 4.69) is 48.3 Å². The van der Waals surface area contributed by atoms with Crippen molar-refractivity contribution in [3.63, 3.8) is 0 Å². The molecule has 1 aliphatic heterocycles. The van der Waals surface area contributed by atoms with Crippen LogP contribution in [0.15, 0.2) is 24.3 Å². The molecule has 0 bridgehead atoms. The summed E-state index contributed by atoms with van der Waals surface area (Å²) in [5, 5.41) is 3.43. The maximum Gasteiger partial charge on any atom is 0.0398 e. The van der Waals surface area contributed by atoms with Gasteiger partial charge in [-0.05, 0) is 51.4 Å². The maximum absolute atomic E-state index is 3.43. The first kappa shape index (κ1) is 11.5. The summed E-state index contributed by atoms with van der Waals surface area (Å²) >= 11 is 0. The number of rotatable bonds is 3. The van der Waals surface area contributed by atoms with Gasteiger partial charge in [0.15, 0.2) is 0 Å². The number of hydrogen-bond acceptors (Lipinski definition) is 2. The second-order valence-corrected chi connectivity index (χ2v) is 4.55. The number of nitrogens with one attached hydrogen (secondary N) is 1. The second-order valence-electron chi connectivity index (χ2n) is 4.55. The number of nitrogens with zero attached hydrogens (tertiary/aromatic N) is 1. The van der Waals surface area contributed by atoms with Gasteiger partial charge in [-0.2, -0.15) is 0 Å². The van der Waals surface area contributed by atoms with Crippen LogP contribution in [0, 0.1) is 6.92 Å². The molecule has 2 nitrogen and oxygen atoms in total. The van der Waals surface area contributed by atoms with Gasteiger partial charge >= 0.3 is 0 Å². The van der Waals surface area contributed by atoms with Crippen LogP contribution in [0.5, 0.6) is 0 Å². The van der Waals surface area contributed by atoms with Gasteiger partial charge < -0.3 is 10.2 Å². The zero-order valence-electron chi connectivity index (χ0n) is 10.4. The molecule has 1 N–H and O–H groups in total. The summed E-state index contributed by atoms with van der Waals surface area (Å²) in [6.07, 6.45) is 2.53. The minimum atomic E-state index is 0.715. The lowest BCUT2D eigenvalue weighted by molar-refractivity contribution is 0.433. The highest BCUT2D eigenvalue weighted by Crippen LogP contribution is 2.24. The van der Waals surface area contributed by atoms with E-state index in [0.29, 0.717) is 6.04 Å². The van der Waals surface area contributed by atoms with Crippen LogP contribution in [0.3, 0.4) is 0 Å². The van der Waals surface area contributed by atoms with Gasteiger partial charge in [0, 0.05) is 18.3 Å². The Morgan fingerprint density at radius 1 is 1.25 bits per heavy atom. The molecule has 16 heavy (non-hydrogen) atoms. The minimum Gasteiger partial charge on any atom is -0.369 e. The number of benzene rings is 1. The predicted octanol–water partition coefficient (Wildman–Crippen LogP) is 2.57. The van der Waals surface area contributed by atoms with Gasteiger partial charge in [-0.3, -0.25) is 0 Å². The molecule has 1 aliphatic rings. The number of anilines is 1. The van der Waals surface area contributed by atoms with Crippen LogP contribution in [-0.2, 0) is 0 Å². The summed E-state index contributed by atoms with van der Waals surface area (Å²) in [7, 11) is 0. The van der Waals surface area contributed by atoms with Crippen molar-refractivity contribution in [2.75, 3.05) is 24.5 Å². The van der Waals surface area contributed by atoms with Crippen molar-refractivity contribution in [1.82, 2.24) is 5.32 Å². The van der Waals surface area contributed by atoms with E-state index in [-0.39, 0.29) is 0 Å². The van der Waals surface area contributed by atoms with Gasteiger partial charge in [-0.25, -0.2) is 0 Å². The number of aryl methyl sites for hydroxylation is 1. The Hall–Kier alpha value is -1.02. The normalized spacial score (nSPS) is 17.4. The summed E-state index contributed by atoms with van der Waals surface area (Å²) in [6, 6.07) is 9.44. The fourth-order valence-electron chi connectivity index (χ4n) is 2.63. The van der Waals surface area contributed by atoms with Crippen molar-refractivity contribution in [3.8, 4) is 0 Å². The highest BCUT2D eigenvalue weighted by atomic mass is 15.2. The Bertz CT molecular complexity index is 329. The highest BCUT2D eigenvalue weighted by Gasteiger charge is 2.20. The molecule has 2 rings (SSSR count). The van der Waals surface area contributed by atoms with Crippen molar-refractivity contribution in [2.24, 2.45) is 0 Å². The molecule has 0 aromatic heterocycles. The molecular formula is C14H22N2. The van der Waals surface area contributed by atoms with Gasteiger partial charge in [0.05, 0.1) is 0 Å². The number of para-hydroxylation sites is 1. The van der Waals surface area contributed by atoms with Crippen LogP contribution in [0.25, 0.3) is 0 Å². The molecule has 88 valence electrons. The second kappa shape index (κ2) is 5.35. The molecule has 1 fully saturated rings. The van der Waals surface area contributed by atoms with E-state index in [1.54, 1.807) is 0 Å². The lowest BCUT2D eigenvalue weighted by Gasteiger charge is -2.36. The lowest BCUT2D eigenvalue weighted by atomic mass is 10.0. The van der Waals surface area contributed by atoms with Crippen molar-refractivity contribution in [1.29, 1.82) is 0 Å².